The Morgan fingerprint density at radius 2 is 2.07 bits per heavy atom. The third-order valence-corrected chi connectivity index (χ3v) is 5.70. The number of H-pyrrole nitrogens is 1. The van der Waals surface area contributed by atoms with Crippen molar-refractivity contribution in [2.24, 2.45) is 5.92 Å². The molecular formula is C22H27N5O. The second-order valence-electron chi connectivity index (χ2n) is 7.86. The van der Waals surface area contributed by atoms with E-state index in [1.807, 2.05) is 36.5 Å². The van der Waals surface area contributed by atoms with Crippen LogP contribution in [0.2, 0.25) is 0 Å². The van der Waals surface area contributed by atoms with Crippen LogP contribution in [0.1, 0.15) is 37.2 Å². The van der Waals surface area contributed by atoms with Gasteiger partial charge in [-0.05, 0) is 69.5 Å². The van der Waals surface area contributed by atoms with Gasteiger partial charge in [0, 0.05) is 35.9 Å². The minimum absolute atomic E-state index is 0.110. The first-order valence-electron chi connectivity index (χ1n) is 10.0. The van der Waals surface area contributed by atoms with Gasteiger partial charge in [-0.1, -0.05) is 12.1 Å². The molecule has 1 fully saturated rings. The number of pyridine rings is 1. The average molecular weight is 377 g/mol. The zero-order valence-corrected chi connectivity index (χ0v) is 16.5. The number of piperidine rings is 1. The summed E-state index contributed by atoms with van der Waals surface area (Å²) in [5.74, 6) is 0.427. The molecule has 3 heterocycles. The van der Waals surface area contributed by atoms with Gasteiger partial charge in [-0.25, -0.2) is 0 Å². The highest BCUT2D eigenvalue weighted by Gasteiger charge is 2.22. The van der Waals surface area contributed by atoms with Crippen LogP contribution in [0.4, 0.5) is 0 Å². The van der Waals surface area contributed by atoms with Gasteiger partial charge in [0.15, 0.2) is 5.69 Å². The van der Waals surface area contributed by atoms with E-state index < -0.39 is 0 Å². The molecule has 1 aromatic carbocycles. The Hall–Kier alpha value is -2.73. The van der Waals surface area contributed by atoms with Gasteiger partial charge < -0.3 is 10.2 Å². The van der Waals surface area contributed by atoms with E-state index in [1.165, 1.54) is 0 Å². The van der Waals surface area contributed by atoms with Gasteiger partial charge in [0.2, 0.25) is 0 Å². The molecule has 1 aliphatic rings. The summed E-state index contributed by atoms with van der Waals surface area (Å²) in [6, 6.07) is 10.5. The first-order valence-corrected chi connectivity index (χ1v) is 10.0. The molecule has 1 saturated heterocycles. The van der Waals surface area contributed by atoms with Gasteiger partial charge in [0.05, 0.1) is 5.52 Å². The van der Waals surface area contributed by atoms with Gasteiger partial charge in [-0.2, -0.15) is 5.10 Å². The lowest BCUT2D eigenvalue weighted by Gasteiger charge is -2.34. The molecule has 6 heteroatoms. The monoisotopic (exact) mass is 377 g/mol. The summed E-state index contributed by atoms with van der Waals surface area (Å²) < 4.78 is 0. The highest BCUT2D eigenvalue weighted by molar-refractivity contribution is 6.05. The number of nitrogens with zero attached hydrogens (tertiary/aromatic N) is 3. The quantitative estimate of drug-likeness (QED) is 0.714. The number of carbonyl (C=O) groups is 1. The SMILES string of the molecule is CC(C)N1CCC(CNC(=O)c2n[nH]c3ccc(-c4cccnc4)cc23)CC1. The Labute approximate surface area is 165 Å². The lowest BCUT2D eigenvalue weighted by atomic mass is 9.96. The van der Waals surface area contributed by atoms with Crippen molar-refractivity contribution in [3.05, 3.63) is 48.4 Å². The molecule has 0 atom stereocenters. The van der Waals surface area contributed by atoms with Crippen molar-refractivity contribution in [3.63, 3.8) is 0 Å². The molecule has 4 rings (SSSR count). The molecular weight excluding hydrogens is 350 g/mol. The van der Waals surface area contributed by atoms with Crippen LogP contribution in [0.15, 0.2) is 42.7 Å². The number of fused-ring (bicyclic) bond motifs is 1. The predicted molar refractivity (Wildman–Crippen MR) is 111 cm³/mol. The summed E-state index contributed by atoms with van der Waals surface area (Å²) in [4.78, 5) is 19.4. The molecule has 1 amide bonds. The van der Waals surface area contributed by atoms with Gasteiger partial charge in [0.25, 0.3) is 5.91 Å². The summed E-state index contributed by atoms with van der Waals surface area (Å²) >= 11 is 0. The summed E-state index contributed by atoms with van der Waals surface area (Å²) in [5.41, 5.74) is 3.37. The molecule has 3 aromatic rings. The molecule has 0 radical (unpaired) electrons. The number of benzene rings is 1. The van der Waals surface area contributed by atoms with Crippen LogP contribution in [-0.2, 0) is 0 Å². The van der Waals surface area contributed by atoms with Crippen molar-refractivity contribution in [1.82, 2.24) is 25.4 Å². The molecule has 1 aliphatic heterocycles. The van der Waals surface area contributed by atoms with Crippen LogP contribution in [0.5, 0.6) is 0 Å². The second kappa shape index (κ2) is 8.10. The number of likely N-dealkylation sites (tertiary alicyclic amines) is 1. The number of aromatic amines is 1. The summed E-state index contributed by atoms with van der Waals surface area (Å²) in [6.07, 6.45) is 5.84. The van der Waals surface area contributed by atoms with Gasteiger partial charge >= 0.3 is 0 Å². The topological polar surface area (TPSA) is 73.9 Å². The molecule has 6 nitrogen and oxygen atoms in total. The van der Waals surface area contributed by atoms with Gasteiger partial charge in [0.1, 0.15) is 0 Å². The molecule has 2 aromatic heterocycles. The van der Waals surface area contributed by atoms with E-state index in [4.69, 9.17) is 0 Å². The molecule has 146 valence electrons. The molecule has 0 spiro atoms. The maximum Gasteiger partial charge on any atom is 0.272 e. The normalized spacial score (nSPS) is 16.0. The van der Waals surface area contributed by atoms with E-state index in [9.17, 15) is 4.79 Å². The van der Waals surface area contributed by atoms with Crippen molar-refractivity contribution in [2.45, 2.75) is 32.7 Å². The lowest BCUT2D eigenvalue weighted by molar-refractivity contribution is 0.0926. The van der Waals surface area contributed by atoms with Crippen molar-refractivity contribution in [1.29, 1.82) is 0 Å². The van der Waals surface area contributed by atoms with Crippen molar-refractivity contribution in [2.75, 3.05) is 19.6 Å². The Balaban J connectivity index is 1.44. The van der Waals surface area contributed by atoms with E-state index in [-0.39, 0.29) is 5.91 Å². The Bertz CT molecular complexity index is 942. The molecule has 0 aliphatic carbocycles. The van der Waals surface area contributed by atoms with Crippen LogP contribution in [-0.4, -0.2) is 51.7 Å². The van der Waals surface area contributed by atoms with Crippen molar-refractivity contribution >= 4 is 16.8 Å². The fourth-order valence-corrected chi connectivity index (χ4v) is 3.89. The van der Waals surface area contributed by atoms with Crippen LogP contribution >= 0.6 is 0 Å². The maximum absolute atomic E-state index is 12.8. The third-order valence-electron chi connectivity index (χ3n) is 5.70. The molecule has 0 bridgehead atoms. The highest BCUT2D eigenvalue weighted by Crippen LogP contribution is 2.25. The number of aromatic nitrogens is 3. The van der Waals surface area contributed by atoms with Crippen molar-refractivity contribution in [3.8, 4) is 11.1 Å². The number of hydrogen-bond acceptors (Lipinski definition) is 4. The number of amides is 1. The minimum Gasteiger partial charge on any atom is -0.350 e. The first-order chi connectivity index (χ1) is 13.6. The number of carbonyl (C=O) groups excluding carboxylic acids is 1. The Kier molecular flexibility index (Phi) is 5.39. The standard InChI is InChI=1S/C22H27N5O/c1-15(2)27-10-7-16(8-11-27)13-24-22(28)21-19-12-17(5-6-20(19)25-26-21)18-4-3-9-23-14-18/h3-6,9,12,14-16H,7-8,10-11,13H2,1-2H3,(H,24,28)(H,25,26). The molecule has 2 N–H and O–H groups in total. The van der Waals surface area contributed by atoms with E-state index in [0.717, 1.165) is 48.0 Å². The highest BCUT2D eigenvalue weighted by atomic mass is 16.1. The second-order valence-corrected chi connectivity index (χ2v) is 7.86. The van der Waals surface area contributed by atoms with Crippen LogP contribution in [0, 0.1) is 5.92 Å². The van der Waals surface area contributed by atoms with Crippen LogP contribution in [0.25, 0.3) is 22.0 Å². The zero-order chi connectivity index (χ0) is 19.5. The molecule has 0 unspecified atom stereocenters. The van der Waals surface area contributed by atoms with Gasteiger partial charge in [-0.3, -0.25) is 14.9 Å². The molecule has 28 heavy (non-hydrogen) atoms. The van der Waals surface area contributed by atoms with E-state index >= 15 is 0 Å². The minimum atomic E-state index is -0.110. The zero-order valence-electron chi connectivity index (χ0n) is 16.5. The summed E-state index contributed by atoms with van der Waals surface area (Å²) in [6.45, 7) is 7.41. The number of rotatable bonds is 5. The molecule has 0 saturated carbocycles. The fraction of sp³-hybridized carbons (Fsp3) is 0.409. The maximum atomic E-state index is 12.8. The largest absolute Gasteiger partial charge is 0.350 e. The Morgan fingerprint density at radius 3 is 2.79 bits per heavy atom. The van der Waals surface area contributed by atoms with E-state index in [1.54, 1.807) is 6.20 Å². The summed E-state index contributed by atoms with van der Waals surface area (Å²) in [7, 11) is 0. The third kappa shape index (κ3) is 3.92. The summed E-state index contributed by atoms with van der Waals surface area (Å²) in [5, 5.41) is 11.2. The van der Waals surface area contributed by atoms with E-state index in [2.05, 4.69) is 39.2 Å². The number of hydrogen-bond donors (Lipinski definition) is 2. The fourth-order valence-electron chi connectivity index (χ4n) is 3.89. The first kappa shape index (κ1) is 18.6. The van der Waals surface area contributed by atoms with Crippen LogP contribution < -0.4 is 5.32 Å². The average Bonchev–Trinajstić information content (AvgIpc) is 3.16. The number of nitrogens with one attached hydrogen (secondary N) is 2. The van der Waals surface area contributed by atoms with Crippen LogP contribution in [0.3, 0.4) is 0 Å². The van der Waals surface area contributed by atoms with E-state index in [0.29, 0.717) is 24.2 Å². The van der Waals surface area contributed by atoms with Gasteiger partial charge in [-0.15, -0.1) is 0 Å². The predicted octanol–water partition coefficient (Wildman–Crippen LogP) is 3.48. The lowest BCUT2D eigenvalue weighted by Crippen LogP contribution is -2.41. The van der Waals surface area contributed by atoms with Crippen molar-refractivity contribution < 1.29 is 4.79 Å². The Morgan fingerprint density at radius 1 is 1.25 bits per heavy atom. The smallest absolute Gasteiger partial charge is 0.272 e.